The number of benzene rings is 2. The highest BCUT2D eigenvalue weighted by Crippen LogP contribution is 2.32. The van der Waals surface area contributed by atoms with Crippen LogP contribution in [0.5, 0.6) is 5.75 Å². The highest BCUT2D eigenvalue weighted by molar-refractivity contribution is 7.90. The molecule has 0 aliphatic carbocycles. The average Bonchev–Trinajstić information content (AvgIpc) is 3.17. The van der Waals surface area contributed by atoms with Crippen molar-refractivity contribution in [2.24, 2.45) is 0 Å². The number of methoxy groups -OCH3 is 1. The van der Waals surface area contributed by atoms with E-state index in [-0.39, 0.29) is 29.3 Å². The van der Waals surface area contributed by atoms with Gasteiger partial charge in [0.05, 0.1) is 47.3 Å². The second-order valence-electron chi connectivity index (χ2n) is 9.51. The molecule has 1 aromatic heterocycles. The van der Waals surface area contributed by atoms with Gasteiger partial charge in [-0.1, -0.05) is 18.6 Å². The minimum absolute atomic E-state index is 0.00656. The molecule has 39 heavy (non-hydrogen) atoms. The Morgan fingerprint density at radius 2 is 1.97 bits per heavy atom. The summed E-state index contributed by atoms with van der Waals surface area (Å²) in [4.78, 5) is 0.108. The van der Waals surface area contributed by atoms with Gasteiger partial charge in [0, 0.05) is 42.3 Å². The van der Waals surface area contributed by atoms with Gasteiger partial charge in [0.2, 0.25) is 0 Å². The highest BCUT2D eigenvalue weighted by atomic mass is 32.2. The van der Waals surface area contributed by atoms with Crippen molar-refractivity contribution in [3.05, 3.63) is 60.5 Å². The van der Waals surface area contributed by atoms with Gasteiger partial charge >= 0.3 is 6.18 Å². The lowest BCUT2D eigenvalue weighted by Gasteiger charge is -2.31. The van der Waals surface area contributed by atoms with Crippen molar-refractivity contribution in [3.63, 3.8) is 0 Å². The Morgan fingerprint density at radius 3 is 2.64 bits per heavy atom. The summed E-state index contributed by atoms with van der Waals surface area (Å²) >= 11 is 0. The second kappa shape index (κ2) is 11.1. The molecule has 0 amide bonds. The topological polar surface area (TPSA) is 81.6 Å². The molecule has 0 radical (unpaired) electrons. The minimum atomic E-state index is -4.44. The number of ether oxygens (including phenoxy) is 2. The maximum atomic E-state index is 13.5. The first kappa shape index (κ1) is 28.2. The van der Waals surface area contributed by atoms with E-state index in [1.54, 1.807) is 24.3 Å². The zero-order valence-electron chi connectivity index (χ0n) is 21.9. The van der Waals surface area contributed by atoms with E-state index in [9.17, 15) is 21.6 Å². The summed E-state index contributed by atoms with van der Waals surface area (Å²) in [5.41, 5.74) is 1.88. The maximum absolute atomic E-state index is 13.5. The van der Waals surface area contributed by atoms with Crippen molar-refractivity contribution in [2.75, 3.05) is 30.5 Å². The van der Waals surface area contributed by atoms with E-state index in [1.807, 2.05) is 13.0 Å². The first-order chi connectivity index (χ1) is 18.3. The molecular weight excluding hydrogens is 531 g/mol. The predicted molar refractivity (Wildman–Crippen MR) is 146 cm³/mol. The van der Waals surface area contributed by atoms with E-state index >= 15 is 0 Å². The lowest BCUT2D eigenvalue weighted by atomic mass is 10.0. The van der Waals surface area contributed by atoms with E-state index in [4.69, 9.17) is 9.47 Å². The van der Waals surface area contributed by atoms with E-state index < -0.39 is 22.6 Å². The van der Waals surface area contributed by atoms with Gasteiger partial charge in [-0.15, -0.1) is 0 Å². The van der Waals surface area contributed by atoms with Crippen LogP contribution in [0, 0.1) is 11.8 Å². The molecule has 1 saturated heterocycles. The second-order valence-corrected chi connectivity index (χ2v) is 11.5. The summed E-state index contributed by atoms with van der Waals surface area (Å²) in [5.74, 6) is 6.73. The lowest BCUT2D eigenvalue weighted by Crippen LogP contribution is -2.31. The SMILES string of the molecule is C=C1C[C@@H](Nc2cccc3c2cc(C#CCNc2ccc(S(C)(=O)=O)cc2OC)n3CC(F)(F)F)C[C@H](C)O1. The Balaban J connectivity index is 1.61. The number of alkyl halides is 3. The fourth-order valence-electron chi connectivity index (χ4n) is 4.66. The zero-order valence-corrected chi connectivity index (χ0v) is 22.7. The fraction of sp³-hybridized carbons (Fsp3) is 0.357. The van der Waals surface area contributed by atoms with Crippen LogP contribution >= 0.6 is 0 Å². The van der Waals surface area contributed by atoms with Crippen molar-refractivity contribution < 1.29 is 31.1 Å². The van der Waals surface area contributed by atoms with Crippen molar-refractivity contribution in [1.82, 2.24) is 4.57 Å². The largest absolute Gasteiger partial charge is 0.496 e. The lowest BCUT2D eigenvalue weighted by molar-refractivity contribution is -0.140. The van der Waals surface area contributed by atoms with Gasteiger partial charge in [-0.3, -0.25) is 0 Å². The predicted octanol–water partition coefficient (Wildman–Crippen LogP) is 5.57. The van der Waals surface area contributed by atoms with E-state index in [0.717, 1.165) is 18.4 Å². The first-order valence-corrected chi connectivity index (χ1v) is 14.1. The van der Waals surface area contributed by atoms with Crippen LogP contribution in [-0.2, 0) is 21.1 Å². The molecule has 1 fully saturated rings. The molecule has 208 valence electrons. The molecule has 2 heterocycles. The van der Waals surface area contributed by atoms with E-state index in [1.165, 1.54) is 23.8 Å². The zero-order chi connectivity index (χ0) is 28.4. The molecule has 0 unspecified atom stereocenters. The molecule has 4 rings (SSSR count). The standard InChI is InChI=1S/C28H30F3N3O4S/c1-18-13-20(14-19(2)38-18)33-24-8-5-9-26-23(24)15-21(34(26)17-28(29,30)31)7-6-12-32-25-11-10-22(39(4,35)36)16-27(25)37-3/h5,8-11,15-16,19-20,32-33H,1,12-14,17H2,2-4H3/t19-,20+/m0/s1. The van der Waals surface area contributed by atoms with Gasteiger partial charge in [0.25, 0.3) is 0 Å². The number of nitrogens with one attached hydrogen (secondary N) is 2. The third kappa shape index (κ3) is 7.00. The molecule has 1 aliphatic heterocycles. The average molecular weight is 562 g/mol. The van der Waals surface area contributed by atoms with E-state index in [2.05, 4.69) is 29.1 Å². The summed E-state index contributed by atoms with van der Waals surface area (Å²) in [6.45, 7) is 4.79. The smallest absolute Gasteiger partial charge is 0.406 e. The first-order valence-electron chi connectivity index (χ1n) is 12.2. The van der Waals surface area contributed by atoms with Crippen LogP contribution in [0.3, 0.4) is 0 Å². The molecule has 7 nitrogen and oxygen atoms in total. The van der Waals surface area contributed by atoms with Gasteiger partial charge < -0.3 is 24.7 Å². The van der Waals surface area contributed by atoms with Crippen molar-refractivity contribution in [2.45, 2.75) is 49.5 Å². The van der Waals surface area contributed by atoms with Crippen LogP contribution in [0.1, 0.15) is 25.5 Å². The molecule has 1 aliphatic rings. The number of rotatable bonds is 7. The normalized spacial score (nSPS) is 17.7. The molecule has 11 heteroatoms. The van der Waals surface area contributed by atoms with Gasteiger partial charge in [0.1, 0.15) is 12.3 Å². The van der Waals surface area contributed by atoms with Crippen molar-refractivity contribution in [3.8, 4) is 17.6 Å². The molecular formula is C28H30F3N3O4S. The monoisotopic (exact) mass is 561 g/mol. The van der Waals surface area contributed by atoms with Crippen LogP contribution in [-0.4, -0.2) is 51.2 Å². The number of sulfone groups is 1. The molecule has 2 N–H and O–H groups in total. The number of nitrogens with zero attached hydrogens (tertiary/aromatic N) is 1. The summed E-state index contributed by atoms with van der Waals surface area (Å²) in [5, 5.41) is 7.12. The van der Waals surface area contributed by atoms with Crippen LogP contribution in [0.2, 0.25) is 0 Å². The number of aromatic nitrogens is 1. The van der Waals surface area contributed by atoms with Gasteiger partial charge in [-0.2, -0.15) is 13.2 Å². The molecule has 0 saturated carbocycles. The number of halogens is 3. The minimum Gasteiger partial charge on any atom is -0.496 e. The summed E-state index contributed by atoms with van der Waals surface area (Å²) < 4.78 is 76.2. The number of hydrogen-bond donors (Lipinski definition) is 2. The maximum Gasteiger partial charge on any atom is 0.406 e. The summed E-state index contributed by atoms with van der Waals surface area (Å²) in [7, 11) is -2.00. The Morgan fingerprint density at radius 1 is 1.21 bits per heavy atom. The van der Waals surface area contributed by atoms with Crippen LogP contribution in [0.15, 0.2) is 59.7 Å². The molecule has 3 aromatic rings. The number of anilines is 2. The Hall–Kier alpha value is -3.78. The van der Waals surface area contributed by atoms with E-state index in [0.29, 0.717) is 34.5 Å². The molecule has 2 atom stereocenters. The van der Waals surface area contributed by atoms with Crippen LogP contribution in [0.25, 0.3) is 10.9 Å². The van der Waals surface area contributed by atoms with Crippen LogP contribution in [0.4, 0.5) is 24.5 Å². The third-order valence-electron chi connectivity index (χ3n) is 6.29. The van der Waals surface area contributed by atoms with Gasteiger partial charge in [-0.05, 0) is 43.2 Å². The summed E-state index contributed by atoms with van der Waals surface area (Å²) in [6, 6.07) is 11.3. The molecule has 0 spiro atoms. The van der Waals surface area contributed by atoms with Crippen molar-refractivity contribution in [1.29, 1.82) is 0 Å². The molecule has 0 bridgehead atoms. The Kier molecular flexibility index (Phi) is 8.07. The summed E-state index contributed by atoms with van der Waals surface area (Å²) in [6.07, 6.45) is -2.00. The van der Waals surface area contributed by atoms with Gasteiger partial charge in [-0.25, -0.2) is 8.42 Å². The Bertz CT molecular complexity index is 1550. The third-order valence-corrected chi connectivity index (χ3v) is 7.40. The fourth-order valence-corrected chi connectivity index (χ4v) is 5.29. The van der Waals surface area contributed by atoms with Crippen LogP contribution < -0.4 is 15.4 Å². The van der Waals surface area contributed by atoms with Gasteiger partial charge in [0.15, 0.2) is 9.84 Å². The Labute approximate surface area is 225 Å². The highest BCUT2D eigenvalue weighted by Gasteiger charge is 2.30. The number of fused-ring (bicyclic) bond motifs is 1. The molecule has 2 aromatic carbocycles. The number of hydrogen-bond acceptors (Lipinski definition) is 6. The quantitative estimate of drug-likeness (QED) is 0.367. The van der Waals surface area contributed by atoms with Crippen molar-refractivity contribution >= 4 is 32.1 Å².